The van der Waals surface area contributed by atoms with Crippen molar-refractivity contribution in [3.8, 4) is 0 Å². The monoisotopic (exact) mass is 355 g/mol. The minimum absolute atomic E-state index is 0.0970. The summed E-state index contributed by atoms with van der Waals surface area (Å²) in [6, 6.07) is 7.90. The molecule has 0 spiro atoms. The Morgan fingerprint density at radius 3 is 2.81 bits per heavy atom. The highest BCUT2D eigenvalue weighted by atomic mass is 16.4. The maximum absolute atomic E-state index is 12.5. The Labute approximate surface area is 152 Å². The number of amides is 2. The molecule has 3 heterocycles. The third kappa shape index (κ3) is 3.21. The Kier molecular flexibility index (Phi) is 4.44. The molecule has 6 heteroatoms. The largest absolute Gasteiger partial charge is 0.423 e. The summed E-state index contributed by atoms with van der Waals surface area (Å²) in [5, 5.41) is 3.80. The van der Waals surface area contributed by atoms with Crippen LogP contribution in [0.2, 0.25) is 0 Å². The molecule has 138 valence electrons. The van der Waals surface area contributed by atoms with Gasteiger partial charge in [-0.15, -0.1) is 0 Å². The van der Waals surface area contributed by atoms with Crippen molar-refractivity contribution in [1.82, 2.24) is 9.80 Å². The third-order valence-corrected chi connectivity index (χ3v) is 5.68. The zero-order valence-corrected chi connectivity index (χ0v) is 15.3. The summed E-state index contributed by atoms with van der Waals surface area (Å²) in [6.07, 6.45) is 3.82. The van der Waals surface area contributed by atoms with Crippen LogP contribution < -0.4 is 10.9 Å². The van der Waals surface area contributed by atoms with Gasteiger partial charge in [-0.1, -0.05) is 6.42 Å². The van der Waals surface area contributed by atoms with Crippen LogP contribution in [0.5, 0.6) is 0 Å². The molecule has 1 atom stereocenters. The lowest BCUT2D eigenvalue weighted by molar-refractivity contribution is 0.0199. The normalized spacial score (nSPS) is 21.6. The van der Waals surface area contributed by atoms with Gasteiger partial charge in [0.25, 0.3) is 0 Å². The van der Waals surface area contributed by atoms with Crippen LogP contribution in [-0.4, -0.2) is 47.5 Å². The predicted molar refractivity (Wildman–Crippen MR) is 102 cm³/mol. The number of nitrogens with zero attached hydrogens (tertiary/aromatic N) is 2. The second-order valence-corrected chi connectivity index (χ2v) is 7.53. The van der Waals surface area contributed by atoms with Crippen LogP contribution in [0.3, 0.4) is 0 Å². The zero-order chi connectivity index (χ0) is 18.3. The SMILES string of the molecule is Cc1cc(=O)oc2cc(NC(=O)N3CC(N4CCCC[C@@H]4C)C3)ccc12. The van der Waals surface area contributed by atoms with Crippen LogP contribution in [0.4, 0.5) is 10.5 Å². The van der Waals surface area contributed by atoms with Crippen molar-refractivity contribution >= 4 is 22.7 Å². The van der Waals surface area contributed by atoms with Gasteiger partial charge in [-0.2, -0.15) is 0 Å². The molecule has 2 aliphatic rings. The molecule has 0 aliphatic carbocycles. The number of urea groups is 1. The van der Waals surface area contributed by atoms with Crippen molar-refractivity contribution in [2.45, 2.75) is 45.2 Å². The fourth-order valence-corrected chi connectivity index (χ4v) is 4.10. The van der Waals surface area contributed by atoms with E-state index >= 15 is 0 Å². The van der Waals surface area contributed by atoms with Crippen molar-refractivity contribution in [3.05, 3.63) is 40.2 Å². The Bertz CT molecular complexity index is 885. The average molecular weight is 355 g/mol. The van der Waals surface area contributed by atoms with Gasteiger partial charge in [0.05, 0.1) is 0 Å². The third-order valence-electron chi connectivity index (χ3n) is 5.68. The molecule has 2 amide bonds. The van der Waals surface area contributed by atoms with E-state index in [4.69, 9.17) is 4.42 Å². The number of anilines is 1. The molecule has 1 N–H and O–H groups in total. The van der Waals surface area contributed by atoms with E-state index in [1.54, 1.807) is 6.07 Å². The summed E-state index contributed by atoms with van der Waals surface area (Å²) in [5.41, 5.74) is 1.64. The summed E-state index contributed by atoms with van der Waals surface area (Å²) in [4.78, 5) is 28.4. The van der Waals surface area contributed by atoms with Crippen molar-refractivity contribution in [3.63, 3.8) is 0 Å². The molecular formula is C20H25N3O3. The first-order chi connectivity index (χ1) is 12.5. The Hall–Kier alpha value is -2.34. The number of carbonyl (C=O) groups is 1. The van der Waals surface area contributed by atoms with Crippen LogP contribution in [0.1, 0.15) is 31.7 Å². The standard InChI is InChI=1S/C20H25N3O3/c1-13-9-19(24)26-18-10-15(6-7-17(13)18)21-20(25)22-11-16(12-22)23-8-4-3-5-14(23)2/h6-7,9-10,14,16H,3-5,8,11-12H2,1-2H3,(H,21,25)/t14-/m0/s1. The lowest BCUT2D eigenvalue weighted by atomic mass is 9.98. The second kappa shape index (κ2) is 6.76. The number of piperidine rings is 1. The smallest absolute Gasteiger partial charge is 0.336 e. The minimum atomic E-state index is -0.375. The van der Waals surface area contributed by atoms with Crippen molar-refractivity contribution in [1.29, 1.82) is 0 Å². The van der Waals surface area contributed by atoms with Gasteiger partial charge < -0.3 is 14.6 Å². The number of nitrogens with one attached hydrogen (secondary N) is 1. The molecule has 1 aromatic heterocycles. The van der Waals surface area contributed by atoms with E-state index in [0.29, 0.717) is 23.4 Å². The van der Waals surface area contributed by atoms with Gasteiger partial charge in [0.1, 0.15) is 5.58 Å². The van der Waals surface area contributed by atoms with E-state index in [1.165, 1.54) is 25.3 Å². The number of hydrogen-bond acceptors (Lipinski definition) is 4. The first kappa shape index (κ1) is 17.1. The molecule has 0 unspecified atom stereocenters. The van der Waals surface area contributed by atoms with E-state index in [1.807, 2.05) is 24.0 Å². The van der Waals surface area contributed by atoms with Gasteiger partial charge >= 0.3 is 11.7 Å². The highest BCUT2D eigenvalue weighted by Gasteiger charge is 2.37. The summed E-state index contributed by atoms with van der Waals surface area (Å²) >= 11 is 0. The Morgan fingerprint density at radius 2 is 2.04 bits per heavy atom. The van der Waals surface area contributed by atoms with Crippen molar-refractivity contribution in [2.75, 3.05) is 25.0 Å². The highest BCUT2D eigenvalue weighted by molar-refractivity contribution is 5.93. The van der Waals surface area contributed by atoms with Gasteiger partial charge in [0.15, 0.2) is 0 Å². The molecule has 0 saturated carbocycles. The number of benzene rings is 1. The topological polar surface area (TPSA) is 65.8 Å². The lowest BCUT2D eigenvalue weighted by Crippen LogP contribution is -2.64. The van der Waals surface area contributed by atoms with E-state index < -0.39 is 0 Å². The zero-order valence-electron chi connectivity index (χ0n) is 15.3. The minimum Gasteiger partial charge on any atom is -0.423 e. The Morgan fingerprint density at radius 1 is 1.23 bits per heavy atom. The molecule has 0 bridgehead atoms. The van der Waals surface area contributed by atoms with E-state index in [2.05, 4.69) is 17.1 Å². The molecule has 2 fully saturated rings. The summed E-state index contributed by atoms with van der Waals surface area (Å²) in [7, 11) is 0. The fourth-order valence-electron chi connectivity index (χ4n) is 4.10. The molecule has 6 nitrogen and oxygen atoms in total. The van der Waals surface area contributed by atoms with Gasteiger partial charge in [-0.25, -0.2) is 9.59 Å². The molecule has 2 saturated heterocycles. The highest BCUT2D eigenvalue weighted by Crippen LogP contribution is 2.25. The summed E-state index contributed by atoms with van der Waals surface area (Å²) in [5.74, 6) is 0. The van der Waals surface area contributed by atoms with Crippen LogP contribution in [0.25, 0.3) is 11.0 Å². The van der Waals surface area contributed by atoms with E-state index in [0.717, 1.165) is 30.6 Å². The quantitative estimate of drug-likeness (QED) is 0.840. The van der Waals surface area contributed by atoms with Crippen molar-refractivity contribution < 1.29 is 9.21 Å². The van der Waals surface area contributed by atoms with Crippen LogP contribution in [0, 0.1) is 6.92 Å². The van der Waals surface area contributed by atoms with Crippen LogP contribution in [-0.2, 0) is 0 Å². The van der Waals surface area contributed by atoms with Gasteiger partial charge in [0, 0.05) is 48.4 Å². The molecular weight excluding hydrogens is 330 g/mol. The number of rotatable bonds is 2. The molecule has 26 heavy (non-hydrogen) atoms. The second-order valence-electron chi connectivity index (χ2n) is 7.53. The molecule has 1 aromatic carbocycles. The lowest BCUT2D eigenvalue weighted by Gasteiger charge is -2.49. The van der Waals surface area contributed by atoms with Gasteiger partial charge in [-0.3, -0.25) is 4.90 Å². The maximum atomic E-state index is 12.5. The molecule has 4 rings (SSSR count). The van der Waals surface area contributed by atoms with E-state index in [-0.39, 0.29) is 11.7 Å². The summed E-state index contributed by atoms with van der Waals surface area (Å²) in [6.45, 7) is 6.85. The molecule has 0 radical (unpaired) electrons. The van der Waals surface area contributed by atoms with Crippen molar-refractivity contribution in [2.24, 2.45) is 0 Å². The fraction of sp³-hybridized carbons (Fsp3) is 0.500. The molecule has 2 aliphatic heterocycles. The predicted octanol–water partition coefficient (Wildman–Crippen LogP) is 3.19. The molecule has 2 aromatic rings. The van der Waals surface area contributed by atoms with Crippen LogP contribution in [0.15, 0.2) is 33.5 Å². The number of carbonyl (C=O) groups excluding carboxylic acids is 1. The average Bonchev–Trinajstić information content (AvgIpc) is 2.54. The van der Waals surface area contributed by atoms with E-state index in [9.17, 15) is 9.59 Å². The summed E-state index contributed by atoms with van der Waals surface area (Å²) < 4.78 is 5.25. The van der Waals surface area contributed by atoms with Gasteiger partial charge in [-0.05, 0) is 50.9 Å². The Balaban J connectivity index is 1.40. The maximum Gasteiger partial charge on any atom is 0.336 e. The number of fused-ring (bicyclic) bond motifs is 1. The first-order valence-corrected chi connectivity index (χ1v) is 9.37. The number of likely N-dealkylation sites (tertiary alicyclic amines) is 2. The number of aryl methyl sites for hydroxylation is 1. The number of hydrogen-bond donors (Lipinski definition) is 1. The van der Waals surface area contributed by atoms with Gasteiger partial charge in [0.2, 0.25) is 0 Å². The van der Waals surface area contributed by atoms with Crippen LogP contribution >= 0.6 is 0 Å². The first-order valence-electron chi connectivity index (χ1n) is 9.37.